The lowest BCUT2D eigenvalue weighted by Crippen LogP contribution is -2.07. The van der Waals surface area contributed by atoms with Crippen LogP contribution in [0.3, 0.4) is 0 Å². The second-order valence-electron chi connectivity index (χ2n) is 5.07. The number of benzene rings is 1. The second-order valence-corrected chi connectivity index (χ2v) is 5.07. The van der Waals surface area contributed by atoms with Crippen molar-refractivity contribution in [2.75, 3.05) is 20.3 Å². The van der Waals surface area contributed by atoms with Crippen molar-refractivity contribution in [2.24, 2.45) is 5.92 Å². The lowest BCUT2D eigenvalue weighted by Gasteiger charge is -2.04. The zero-order valence-electron chi connectivity index (χ0n) is 12.4. The molecule has 0 aliphatic rings. The van der Waals surface area contributed by atoms with Gasteiger partial charge in [-0.15, -0.1) is 0 Å². The van der Waals surface area contributed by atoms with Crippen molar-refractivity contribution >= 4 is 16.8 Å². The lowest BCUT2D eigenvalue weighted by atomic mass is 10.0. The van der Waals surface area contributed by atoms with Gasteiger partial charge in [0, 0.05) is 24.0 Å². The van der Waals surface area contributed by atoms with Crippen molar-refractivity contribution < 1.29 is 18.7 Å². The summed E-state index contributed by atoms with van der Waals surface area (Å²) in [6.45, 7) is 6.68. The Balaban J connectivity index is 2.33. The van der Waals surface area contributed by atoms with Crippen LogP contribution in [0.1, 0.15) is 30.0 Å². The summed E-state index contributed by atoms with van der Waals surface area (Å²) in [7, 11) is 1.64. The van der Waals surface area contributed by atoms with Crippen LogP contribution in [-0.4, -0.2) is 26.1 Å². The van der Waals surface area contributed by atoms with Crippen molar-refractivity contribution in [3.8, 4) is 5.75 Å². The van der Waals surface area contributed by atoms with Crippen molar-refractivity contribution in [1.82, 2.24) is 0 Å². The van der Waals surface area contributed by atoms with Crippen molar-refractivity contribution in [2.45, 2.75) is 20.8 Å². The first kappa shape index (κ1) is 14.6. The van der Waals surface area contributed by atoms with Crippen LogP contribution in [0, 0.1) is 12.8 Å². The molecule has 0 atom stereocenters. The van der Waals surface area contributed by atoms with Crippen LogP contribution in [0.2, 0.25) is 0 Å². The van der Waals surface area contributed by atoms with Gasteiger partial charge in [-0.2, -0.15) is 0 Å². The van der Waals surface area contributed by atoms with E-state index in [4.69, 9.17) is 13.9 Å². The van der Waals surface area contributed by atoms with E-state index < -0.39 is 0 Å². The highest BCUT2D eigenvalue weighted by atomic mass is 16.5. The standard InChI is InChI=1S/C16H20O4/c1-10(2)15(17)16-11(3)13-9-12(19-8-7-18-4)5-6-14(13)20-16/h5-6,9-10H,7-8H2,1-4H3. The Kier molecular flexibility index (Phi) is 4.45. The van der Waals surface area contributed by atoms with Crippen LogP contribution in [-0.2, 0) is 4.74 Å². The minimum Gasteiger partial charge on any atom is -0.491 e. The Morgan fingerprint density at radius 3 is 2.70 bits per heavy atom. The second kappa shape index (κ2) is 6.09. The Bertz CT molecular complexity index is 610. The molecule has 1 aromatic carbocycles. The van der Waals surface area contributed by atoms with Gasteiger partial charge in [0.05, 0.1) is 6.61 Å². The summed E-state index contributed by atoms with van der Waals surface area (Å²) in [5.41, 5.74) is 1.58. The summed E-state index contributed by atoms with van der Waals surface area (Å²) in [4.78, 5) is 12.1. The average Bonchev–Trinajstić information content (AvgIpc) is 2.75. The minimum absolute atomic E-state index is 0.0283. The quantitative estimate of drug-likeness (QED) is 0.597. The normalized spacial score (nSPS) is 11.2. The predicted octanol–water partition coefficient (Wildman–Crippen LogP) is 3.61. The fraction of sp³-hybridized carbons (Fsp3) is 0.438. The summed E-state index contributed by atoms with van der Waals surface area (Å²) < 4.78 is 16.2. The molecule has 0 spiro atoms. The molecule has 1 aromatic heterocycles. The van der Waals surface area contributed by atoms with E-state index in [1.54, 1.807) is 7.11 Å². The number of ether oxygens (including phenoxy) is 2. The molecule has 0 aliphatic carbocycles. The topological polar surface area (TPSA) is 48.7 Å². The number of carbonyl (C=O) groups excluding carboxylic acids is 1. The van der Waals surface area contributed by atoms with E-state index in [0.29, 0.717) is 24.6 Å². The number of Topliss-reactive ketones (excluding diaryl/α,β-unsaturated/α-hetero) is 1. The van der Waals surface area contributed by atoms with E-state index in [1.165, 1.54) is 0 Å². The smallest absolute Gasteiger partial charge is 0.200 e. The highest BCUT2D eigenvalue weighted by molar-refractivity contribution is 6.01. The Labute approximate surface area is 118 Å². The van der Waals surface area contributed by atoms with Crippen molar-refractivity contribution in [3.05, 3.63) is 29.5 Å². The maximum absolute atomic E-state index is 12.1. The molecule has 0 saturated heterocycles. The van der Waals surface area contributed by atoms with Gasteiger partial charge in [0.1, 0.15) is 17.9 Å². The van der Waals surface area contributed by atoms with Crippen LogP contribution in [0.15, 0.2) is 22.6 Å². The minimum atomic E-state index is -0.0771. The molecule has 108 valence electrons. The van der Waals surface area contributed by atoms with Gasteiger partial charge in [-0.25, -0.2) is 0 Å². The molecular formula is C16H20O4. The van der Waals surface area contributed by atoms with Crippen LogP contribution in [0.25, 0.3) is 11.0 Å². The Morgan fingerprint density at radius 1 is 1.30 bits per heavy atom. The molecule has 0 bridgehead atoms. The number of hydrogen-bond donors (Lipinski definition) is 0. The first-order valence-electron chi connectivity index (χ1n) is 6.73. The molecular weight excluding hydrogens is 256 g/mol. The molecule has 0 fully saturated rings. The third kappa shape index (κ3) is 2.85. The van der Waals surface area contributed by atoms with Gasteiger partial charge >= 0.3 is 0 Å². The van der Waals surface area contributed by atoms with Gasteiger partial charge in [-0.05, 0) is 25.1 Å². The summed E-state index contributed by atoms with van der Waals surface area (Å²) >= 11 is 0. The highest BCUT2D eigenvalue weighted by Gasteiger charge is 2.20. The molecule has 4 heteroatoms. The number of hydrogen-bond acceptors (Lipinski definition) is 4. The molecule has 0 unspecified atom stereocenters. The van der Waals surface area contributed by atoms with Gasteiger partial charge in [-0.3, -0.25) is 4.79 Å². The van der Waals surface area contributed by atoms with Gasteiger partial charge in [-0.1, -0.05) is 13.8 Å². The number of ketones is 1. The number of carbonyl (C=O) groups is 1. The van der Waals surface area contributed by atoms with E-state index in [9.17, 15) is 4.79 Å². The Hall–Kier alpha value is -1.81. The summed E-state index contributed by atoms with van der Waals surface area (Å²) in [6, 6.07) is 5.58. The van der Waals surface area contributed by atoms with E-state index in [1.807, 2.05) is 39.0 Å². The molecule has 20 heavy (non-hydrogen) atoms. The first-order chi connectivity index (χ1) is 9.54. The van der Waals surface area contributed by atoms with E-state index in [0.717, 1.165) is 16.7 Å². The molecule has 4 nitrogen and oxygen atoms in total. The van der Waals surface area contributed by atoms with Crippen LogP contribution < -0.4 is 4.74 Å². The summed E-state index contributed by atoms with van der Waals surface area (Å²) in [5, 5.41) is 0.920. The maximum Gasteiger partial charge on any atom is 0.200 e. The van der Waals surface area contributed by atoms with Gasteiger partial charge in [0.25, 0.3) is 0 Å². The molecule has 0 N–H and O–H groups in total. The molecule has 1 heterocycles. The number of aryl methyl sites for hydroxylation is 1. The third-order valence-electron chi connectivity index (χ3n) is 3.21. The number of fused-ring (bicyclic) bond motifs is 1. The molecule has 0 saturated carbocycles. The first-order valence-corrected chi connectivity index (χ1v) is 6.73. The van der Waals surface area contributed by atoms with Gasteiger partial charge < -0.3 is 13.9 Å². The van der Waals surface area contributed by atoms with Crippen LogP contribution in [0.4, 0.5) is 0 Å². The summed E-state index contributed by atoms with van der Waals surface area (Å²) in [5.74, 6) is 1.15. The summed E-state index contributed by atoms with van der Waals surface area (Å²) in [6.07, 6.45) is 0. The fourth-order valence-electron chi connectivity index (χ4n) is 2.03. The van der Waals surface area contributed by atoms with Crippen LogP contribution >= 0.6 is 0 Å². The molecule has 0 radical (unpaired) electrons. The molecule has 2 aromatic rings. The lowest BCUT2D eigenvalue weighted by molar-refractivity contribution is 0.0912. The monoisotopic (exact) mass is 276 g/mol. The van der Waals surface area contributed by atoms with Crippen molar-refractivity contribution in [3.63, 3.8) is 0 Å². The molecule has 0 aliphatic heterocycles. The van der Waals surface area contributed by atoms with E-state index in [2.05, 4.69) is 0 Å². The van der Waals surface area contributed by atoms with Gasteiger partial charge in [0.15, 0.2) is 5.76 Å². The van der Waals surface area contributed by atoms with Crippen molar-refractivity contribution in [1.29, 1.82) is 0 Å². The zero-order valence-corrected chi connectivity index (χ0v) is 12.4. The van der Waals surface area contributed by atoms with Crippen LogP contribution in [0.5, 0.6) is 5.75 Å². The highest BCUT2D eigenvalue weighted by Crippen LogP contribution is 2.30. The number of methoxy groups -OCH3 is 1. The van der Waals surface area contributed by atoms with E-state index >= 15 is 0 Å². The predicted molar refractivity (Wildman–Crippen MR) is 77.5 cm³/mol. The van der Waals surface area contributed by atoms with Gasteiger partial charge in [0.2, 0.25) is 5.78 Å². The largest absolute Gasteiger partial charge is 0.491 e. The molecule has 2 rings (SSSR count). The molecule has 0 amide bonds. The maximum atomic E-state index is 12.1. The number of rotatable bonds is 6. The average molecular weight is 276 g/mol. The zero-order chi connectivity index (χ0) is 14.7. The fourth-order valence-corrected chi connectivity index (χ4v) is 2.03. The SMILES string of the molecule is COCCOc1ccc2oc(C(=O)C(C)C)c(C)c2c1. The Morgan fingerprint density at radius 2 is 2.05 bits per heavy atom. The third-order valence-corrected chi connectivity index (χ3v) is 3.21. The number of furan rings is 1. The van der Waals surface area contributed by atoms with E-state index in [-0.39, 0.29) is 11.7 Å².